The third kappa shape index (κ3) is 3.17. The van der Waals surface area contributed by atoms with Gasteiger partial charge in [0, 0.05) is 30.1 Å². The molecular weight excluding hydrogens is 258 g/mol. The molecule has 2 saturated heterocycles. The third-order valence-corrected chi connectivity index (χ3v) is 5.51. The molecule has 19 heavy (non-hydrogen) atoms. The topological polar surface area (TPSA) is 29.5 Å². The molecule has 2 heterocycles. The van der Waals surface area contributed by atoms with E-state index in [2.05, 4.69) is 18.7 Å². The van der Waals surface area contributed by atoms with Crippen molar-refractivity contribution in [3.05, 3.63) is 0 Å². The van der Waals surface area contributed by atoms with Crippen molar-refractivity contribution in [2.24, 2.45) is 5.92 Å². The first-order chi connectivity index (χ1) is 8.54. The molecule has 2 rings (SSSR count). The van der Waals surface area contributed by atoms with Crippen molar-refractivity contribution in [2.75, 3.05) is 25.4 Å². The summed E-state index contributed by atoms with van der Waals surface area (Å²) in [6, 6.07) is 0. The van der Waals surface area contributed by atoms with Crippen LogP contribution in [0.4, 0.5) is 0 Å². The first-order valence-corrected chi connectivity index (χ1v) is 8.13. The van der Waals surface area contributed by atoms with Gasteiger partial charge >= 0.3 is 0 Å². The van der Waals surface area contributed by atoms with Gasteiger partial charge in [-0.3, -0.25) is 4.79 Å². The fourth-order valence-corrected chi connectivity index (χ4v) is 4.52. The SMILES string of the molecule is CC1(C)CN(CC2C(=O)C(C)(C)OC2(C)C)CCS1. The number of carbonyl (C=O) groups is 1. The van der Waals surface area contributed by atoms with Gasteiger partial charge in [0.05, 0.1) is 11.5 Å². The Balaban J connectivity index is 2.08. The first kappa shape index (κ1) is 15.3. The zero-order valence-corrected chi connectivity index (χ0v) is 13.9. The number of hydrogen-bond acceptors (Lipinski definition) is 4. The van der Waals surface area contributed by atoms with Crippen molar-refractivity contribution in [3.63, 3.8) is 0 Å². The van der Waals surface area contributed by atoms with Gasteiger partial charge in [-0.05, 0) is 41.5 Å². The third-order valence-electron chi connectivity index (χ3n) is 4.21. The molecule has 0 aliphatic carbocycles. The fraction of sp³-hybridized carbons (Fsp3) is 0.933. The lowest BCUT2D eigenvalue weighted by Gasteiger charge is -2.39. The van der Waals surface area contributed by atoms with Crippen molar-refractivity contribution in [3.8, 4) is 0 Å². The molecule has 0 aromatic rings. The van der Waals surface area contributed by atoms with Crippen LogP contribution in [0, 0.1) is 5.92 Å². The summed E-state index contributed by atoms with van der Waals surface area (Å²) in [6.45, 7) is 15.4. The van der Waals surface area contributed by atoms with Crippen LogP contribution in [-0.4, -0.2) is 52.0 Å². The molecule has 0 bridgehead atoms. The predicted molar refractivity (Wildman–Crippen MR) is 80.7 cm³/mol. The molecule has 0 N–H and O–H groups in total. The number of carbonyl (C=O) groups excluding carboxylic acids is 1. The summed E-state index contributed by atoms with van der Waals surface area (Å²) in [5, 5.41) is 0. The van der Waals surface area contributed by atoms with E-state index in [1.165, 1.54) is 0 Å². The zero-order chi connectivity index (χ0) is 14.5. The van der Waals surface area contributed by atoms with Crippen LogP contribution >= 0.6 is 11.8 Å². The Labute approximate surface area is 121 Å². The second-order valence-corrected chi connectivity index (χ2v) is 9.28. The van der Waals surface area contributed by atoms with Gasteiger partial charge in [0.25, 0.3) is 0 Å². The minimum atomic E-state index is -0.631. The lowest BCUT2D eigenvalue weighted by molar-refractivity contribution is -0.132. The standard InChI is InChI=1S/C15H27NO2S/c1-13(2)10-16(7-8-19-13)9-11-12(17)15(5,6)18-14(11,3)4/h11H,7-10H2,1-6H3. The van der Waals surface area contributed by atoms with Gasteiger partial charge in [-0.2, -0.15) is 11.8 Å². The Morgan fingerprint density at radius 2 is 1.89 bits per heavy atom. The van der Waals surface area contributed by atoms with E-state index in [-0.39, 0.29) is 17.3 Å². The largest absolute Gasteiger partial charge is 0.361 e. The molecule has 0 spiro atoms. The highest BCUT2D eigenvalue weighted by Gasteiger charge is 2.53. The van der Waals surface area contributed by atoms with Gasteiger partial charge in [0.15, 0.2) is 5.78 Å². The number of ketones is 1. The Morgan fingerprint density at radius 3 is 2.37 bits per heavy atom. The molecule has 1 atom stereocenters. The number of hydrogen-bond donors (Lipinski definition) is 0. The number of nitrogens with zero attached hydrogens (tertiary/aromatic N) is 1. The van der Waals surface area contributed by atoms with E-state index >= 15 is 0 Å². The van der Waals surface area contributed by atoms with Crippen LogP contribution in [0.5, 0.6) is 0 Å². The molecule has 4 heteroatoms. The lowest BCUT2D eigenvalue weighted by Crippen LogP contribution is -2.48. The van der Waals surface area contributed by atoms with Crippen LogP contribution in [0.1, 0.15) is 41.5 Å². The lowest BCUT2D eigenvalue weighted by atomic mass is 9.85. The van der Waals surface area contributed by atoms with Crippen LogP contribution < -0.4 is 0 Å². The smallest absolute Gasteiger partial charge is 0.171 e. The van der Waals surface area contributed by atoms with Crippen LogP contribution in [0.15, 0.2) is 0 Å². The second-order valence-electron chi connectivity index (χ2n) is 7.48. The molecule has 0 radical (unpaired) electrons. The van der Waals surface area contributed by atoms with Gasteiger partial charge in [-0.25, -0.2) is 0 Å². The normalized spacial score (nSPS) is 33.6. The van der Waals surface area contributed by atoms with Crippen molar-refractivity contribution < 1.29 is 9.53 Å². The Bertz CT molecular complexity index is 376. The summed E-state index contributed by atoms with van der Waals surface area (Å²) in [7, 11) is 0. The van der Waals surface area contributed by atoms with Gasteiger partial charge < -0.3 is 9.64 Å². The average Bonchev–Trinajstić information content (AvgIpc) is 2.35. The van der Waals surface area contributed by atoms with Crippen LogP contribution in [0.25, 0.3) is 0 Å². The molecule has 110 valence electrons. The molecular formula is C15H27NO2S. The molecule has 0 amide bonds. The Morgan fingerprint density at radius 1 is 1.26 bits per heavy atom. The van der Waals surface area contributed by atoms with Crippen molar-refractivity contribution >= 4 is 17.5 Å². The monoisotopic (exact) mass is 285 g/mol. The van der Waals surface area contributed by atoms with E-state index in [4.69, 9.17) is 4.74 Å². The minimum Gasteiger partial charge on any atom is -0.361 e. The maximum Gasteiger partial charge on any atom is 0.171 e. The summed E-state index contributed by atoms with van der Waals surface area (Å²) in [5.74, 6) is 1.40. The molecule has 0 saturated carbocycles. The number of rotatable bonds is 2. The fourth-order valence-electron chi connectivity index (χ4n) is 3.35. The van der Waals surface area contributed by atoms with Gasteiger partial charge in [-0.15, -0.1) is 0 Å². The van der Waals surface area contributed by atoms with Crippen LogP contribution in [0.2, 0.25) is 0 Å². The molecule has 3 nitrogen and oxygen atoms in total. The Hall–Kier alpha value is -0.0600. The number of ether oxygens (including phenoxy) is 1. The zero-order valence-electron chi connectivity index (χ0n) is 13.1. The second kappa shape index (κ2) is 4.74. The summed E-state index contributed by atoms with van der Waals surface area (Å²) < 4.78 is 6.27. The van der Waals surface area contributed by atoms with E-state index in [1.54, 1.807) is 0 Å². The molecule has 0 aromatic heterocycles. The van der Waals surface area contributed by atoms with E-state index < -0.39 is 5.60 Å². The first-order valence-electron chi connectivity index (χ1n) is 7.14. The van der Waals surface area contributed by atoms with E-state index in [0.717, 1.165) is 25.4 Å². The maximum absolute atomic E-state index is 12.5. The highest BCUT2D eigenvalue weighted by atomic mass is 32.2. The van der Waals surface area contributed by atoms with E-state index in [1.807, 2.05) is 39.5 Å². The average molecular weight is 285 g/mol. The minimum absolute atomic E-state index is 0.0126. The number of thioether (sulfide) groups is 1. The van der Waals surface area contributed by atoms with Crippen LogP contribution in [0.3, 0.4) is 0 Å². The molecule has 1 unspecified atom stereocenters. The molecule has 2 aliphatic rings. The van der Waals surface area contributed by atoms with Crippen molar-refractivity contribution in [2.45, 2.75) is 57.5 Å². The molecule has 2 aliphatic heterocycles. The maximum atomic E-state index is 12.5. The van der Waals surface area contributed by atoms with Gasteiger partial charge in [-0.1, -0.05) is 0 Å². The summed E-state index contributed by atoms with van der Waals surface area (Å²) in [6.07, 6.45) is 0. The molecule has 0 aromatic carbocycles. The van der Waals surface area contributed by atoms with Gasteiger partial charge in [0.2, 0.25) is 0 Å². The molecule has 2 fully saturated rings. The Kier molecular flexibility index (Phi) is 3.83. The highest BCUT2D eigenvalue weighted by Crippen LogP contribution is 2.40. The van der Waals surface area contributed by atoms with Crippen molar-refractivity contribution in [1.82, 2.24) is 4.90 Å². The summed E-state index contributed by atoms with van der Waals surface area (Å²) >= 11 is 2.02. The quantitative estimate of drug-likeness (QED) is 0.780. The predicted octanol–water partition coefficient (Wildman–Crippen LogP) is 2.59. The van der Waals surface area contributed by atoms with E-state index in [0.29, 0.717) is 4.75 Å². The summed E-state index contributed by atoms with van der Waals surface area (Å²) in [4.78, 5) is 15.0. The van der Waals surface area contributed by atoms with Crippen LogP contribution in [-0.2, 0) is 9.53 Å². The highest BCUT2D eigenvalue weighted by molar-refractivity contribution is 8.00. The van der Waals surface area contributed by atoms with E-state index in [9.17, 15) is 4.79 Å². The summed E-state index contributed by atoms with van der Waals surface area (Å²) in [5.41, 5.74) is -0.983. The van der Waals surface area contributed by atoms with Crippen molar-refractivity contribution in [1.29, 1.82) is 0 Å². The van der Waals surface area contributed by atoms with Gasteiger partial charge in [0.1, 0.15) is 5.60 Å². The number of Topliss-reactive ketones (excluding diaryl/α,β-unsaturated/α-hetero) is 1.